The Bertz CT molecular complexity index is 749. The van der Waals surface area contributed by atoms with Crippen LogP contribution < -0.4 is 14.4 Å². The average Bonchev–Trinajstić information content (AvgIpc) is 3.17. The average molecular weight is 426 g/mol. The molecule has 0 saturated heterocycles. The van der Waals surface area contributed by atoms with Crippen molar-refractivity contribution >= 4 is 41.5 Å². The third-order valence-electron chi connectivity index (χ3n) is 4.77. The molecule has 145 valence electrons. The Kier molecular flexibility index (Phi) is 7.39. The quantitative estimate of drug-likeness (QED) is 0.525. The van der Waals surface area contributed by atoms with Crippen molar-refractivity contribution in [1.29, 1.82) is 0 Å². The van der Waals surface area contributed by atoms with Crippen molar-refractivity contribution < 1.29 is 9.47 Å². The Labute approximate surface area is 176 Å². The number of nitrogens with zero attached hydrogens (tertiary/aromatic N) is 2. The standard InChI is InChI=1S/C20H23Cl2N2O2S/c1-25-19-7-6-14(10-20(19)26-15-4-2-3-5-15)24(8-9-27)13-16-17(21)11-23-12-18(16)22/h6-7,10-12,15H,2-5,8-9,13H2,1H3. The summed E-state index contributed by atoms with van der Waals surface area (Å²) in [6.07, 6.45) is 8.08. The van der Waals surface area contributed by atoms with Gasteiger partial charge in [-0.1, -0.05) is 35.8 Å². The van der Waals surface area contributed by atoms with E-state index in [2.05, 4.69) is 9.88 Å². The molecule has 0 amide bonds. The number of aromatic nitrogens is 1. The first-order valence-electron chi connectivity index (χ1n) is 9.08. The minimum atomic E-state index is 0.255. The van der Waals surface area contributed by atoms with E-state index in [4.69, 9.17) is 45.3 Å². The van der Waals surface area contributed by atoms with Crippen LogP contribution in [0.2, 0.25) is 10.0 Å². The first-order valence-corrected chi connectivity index (χ1v) is 10.4. The number of benzene rings is 1. The lowest BCUT2D eigenvalue weighted by molar-refractivity contribution is 0.201. The number of pyridine rings is 1. The van der Waals surface area contributed by atoms with Gasteiger partial charge in [0.05, 0.1) is 23.3 Å². The molecule has 0 atom stereocenters. The molecule has 0 N–H and O–H groups in total. The smallest absolute Gasteiger partial charge is 0.163 e. The van der Waals surface area contributed by atoms with Crippen LogP contribution in [0.1, 0.15) is 31.2 Å². The van der Waals surface area contributed by atoms with Crippen molar-refractivity contribution in [1.82, 2.24) is 4.98 Å². The van der Waals surface area contributed by atoms with Crippen LogP contribution in [0, 0.1) is 0 Å². The van der Waals surface area contributed by atoms with Gasteiger partial charge in [0, 0.05) is 48.6 Å². The maximum Gasteiger partial charge on any atom is 0.163 e. The first-order chi connectivity index (χ1) is 13.1. The highest BCUT2D eigenvalue weighted by atomic mass is 35.5. The van der Waals surface area contributed by atoms with Gasteiger partial charge < -0.3 is 14.4 Å². The Morgan fingerprint density at radius 3 is 2.48 bits per heavy atom. The second-order valence-electron chi connectivity index (χ2n) is 6.57. The van der Waals surface area contributed by atoms with E-state index in [1.807, 2.05) is 18.2 Å². The number of methoxy groups -OCH3 is 1. The molecular weight excluding hydrogens is 403 g/mol. The van der Waals surface area contributed by atoms with Gasteiger partial charge in [0.2, 0.25) is 0 Å². The van der Waals surface area contributed by atoms with Crippen LogP contribution in [0.15, 0.2) is 30.6 Å². The monoisotopic (exact) mass is 425 g/mol. The Morgan fingerprint density at radius 2 is 1.85 bits per heavy atom. The summed E-state index contributed by atoms with van der Waals surface area (Å²) in [6.45, 7) is 1.24. The normalized spacial score (nSPS) is 14.4. The van der Waals surface area contributed by atoms with Gasteiger partial charge >= 0.3 is 0 Å². The number of ether oxygens (including phenoxy) is 2. The lowest BCUT2D eigenvalue weighted by Gasteiger charge is -2.26. The van der Waals surface area contributed by atoms with Crippen molar-refractivity contribution in [2.24, 2.45) is 0 Å². The van der Waals surface area contributed by atoms with Gasteiger partial charge in [-0.15, -0.1) is 0 Å². The maximum absolute atomic E-state index is 6.31. The summed E-state index contributed by atoms with van der Waals surface area (Å²) in [5.74, 6) is 2.10. The summed E-state index contributed by atoms with van der Waals surface area (Å²) >= 11 is 17.8. The molecule has 27 heavy (non-hydrogen) atoms. The molecule has 1 aromatic carbocycles. The summed E-state index contributed by atoms with van der Waals surface area (Å²) in [7, 11) is 1.66. The molecule has 1 radical (unpaired) electrons. The van der Waals surface area contributed by atoms with Crippen LogP contribution in [0.4, 0.5) is 5.69 Å². The van der Waals surface area contributed by atoms with E-state index in [9.17, 15) is 0 Å². The van der Waals surface area contributed by atoms with Crippen molar-refractivity contribution in [3.05, 3.63) is 46.2 Å². The molecule has 2 aromatic rings. The van der Waals surface area contributed by atoms with E-state index in [0.717, 1.165) is 35.6 Å². The molecule has 1 fully saturated rings. The van der Waals surface area contributed by atoms with E-state index in [1.54, 1.807) is 19.5 Å². The van der Waals surface area contributed by atoms with Gasteiger partial charge in [0.25, 0.3) is 0 Å². The van der Waals surface area contributed by atoms with Crippen molar-refractivity contribution in [3.8, 4) is 11.5 Å². The topological polar surface area (TPSA) is 34.6 Å². The summed E-state index contributed by atoms with van der Waals surface area (Å²) in [5.41, 5.74) is 1.84. The summed E-state index contributed by atoms with van der Waals surface area (Å²) in [5, 5.41) is 1.10. The highest BCUT2D eigenvalue weighted by Crippen LogP contribution is 2.36. The minimum Gasteiger partial charge on any atom is -0.493 e. The number of hydrogen-bond donors (Lipinski definition) is 0. The molecule has 1 heterocycles. The second kappa shape index (κ2) is 9.76. The molecule has 1 aromatic heterocycles. The molecule has 4 nitrogen and oxygen atoms in total. The number of hydrogen-bond acceptors (Lipinski definition) is 4. The highest BCUT2D eigenvalue weighted by molar-refractivity contribution is 7.80. The number of anilines is 1. The summed E-state index contributed by atoms with van der Waals surface area (Å²) in [4.78, 5) is 6.18. The van der Waals surface area contributed by atoms with E-state index >= 15 is 0 Å². The Hall–Kier alpha value is -1.30. The van der Waals surface area contributed by atoms with E-state index in [-0.39, 0.29) is 6.10 Å². The van der Waals surface area contributed by atoms with Gasteiger partial charge in [-0.2, -0.15) is 0 Å². The summed E-state index contributed by atoms with van der Waals surface area (Å²) < 4.78 is 11.7. The number of halogens is 2. The van der Waals surface area contributed by atoms with Crippen LogP contribution in [-0.2, 0) is 6.54 Å². The third kappa shape index (κ3) is 5.15. The number of rotatable bonds is 8. The van der Waals surface area contributed by atoms with E-state index in [0.29, 0.717) is 28.9 Å². The van der Waals surface area contributed by atoms with E-state index < -0.39 is 0 Å². The van der Waals surface area contributed by atoms with Gasteiger partial charge in [-0.3, -0.25) is 4.98 Å². The fourth-order valence-corrected chi connectivity index (χ4v) is 4.03. The molecule has 1 saturated carbocycles. The lowest BCUT2D eigenvalue weighted by Crippen LogP contribution is -2.25. The van der Waals surface area contributed by atoms with Crippen LogP contribution in [-0.4, -0.2) is 30.5 Å². The SMILES string of the molecule is COc1ccc(N(CC[S])Cc2c(Cl)cncc2Cl)cc1OC1CCCC1. The molecule has 0 bridgehead atoms. The summed E-state index contributed by atoms with van der Waals surface area (Å²) in [6, 6.07) is 5.96. The Morgan fingerprint density at radius 1 is 1.15 bits per heavy atom. The van der Waals surface area contributed by atoms with E-state index in [1.165, 1.54) is 12.8 Å². The van der Waals surface area contributed by atoms with Crippen molar-refractivity contribution in [2.75, 3.05) is 24.3 Å². The predicted molar refractivity (Wildman–Crippen MR) is 114 cm³/mol. The Balaban J connectivity index is 1.88. The van der Waals surface area contributed by atoms with Gasteiger partial charge in [-0.05, 0) is 37.8 Å². The minimum absolute atomic E-state index is 0.255. The predicted octanol–water partition coefficient (Wildman–Crippen LogP) is 5.92. The molecule has 1 aliphatic carbocycles. The molecule has 0 unspecified atom stereocenters. The van der Waals surface area contributed by atoms with Crippen LogP contribution in [0.3, 0.4) is 0 Å². The second-order valence-corrected chi connectivity index (χ2v) is 7.79. The molecule has 0 aliphatic heterocycles. The van der Waals surface area contributed by atoms with Gasteiger partial charge in [0.15, 0.2) is 11.5 Å². The first kappa shape index (κ1) is 20.4. The van der Waals surface area contributed by atoms with Crippen LogP contribution in [0.25, 0.3) is 0 Å². The van der Waals surface area contributed by atoms with Crippen LogP contribution >= 0.6 is 35.8 Å². The molecule has 1 aliphatic rings. The lowest BCUT2D eigenvalue weighted by atomic mass is 10.2. The zero-order chi connectivity index (χ0) is 19.2. The maximum atomic E-state index is 6.31. The fourth-order valence-electron chi connectivity index (χ4n) is 3.33. The zero-order valence-corrected chi connectivity index (χ0v) is 17.6. The van der Waals surface area contributed by atoms with Crippen molar-refractivity contribution in [3.63, 3.8) is 0 Å². The molecule has 7 heteroatoms. The fraction of sp³-hybridized carbons (Fsp3) is 0.450. The largest absolute Gasteiger partial charge is 0.493 e. The molecule has 3 rings (SSSR count). The van der Waals surface area contributed by atoms with Gasteiger partial charge in [-0.25, -0.2) is 0 Å². The molecular formula is C20H23Cl2N2O2S. The molecule has 0 spiro atoms. The third-order valence-corrected chi connectivity index (χ3v) is 5.60. The van der Waals surface area contributed by atoms with Crippen molar-refractivity contribution in [2.45, 2.75) is 38.3 Å². The van der Waals surface area contributed by atoms with Crippen LogP contribution in [0.5, 0.6) is 11.5 Å². The van der Waals surface area contributed by atoms with Gasteiger partial charge in [0.1, 0.15) is 0 Å². The zero-order valence-electron chi connectivity index (χ0n) is 15.3. The highest BCUT2D eigenvalue weighted by Gasteiger charge is 2.20.